The lowest BCUT2D eigenvalue weighted by atomic mass is 10.1. The normalized spacial score (nSPS) is 14.1. The third kappa shape index (κ3) is 3.75. The van der Waals surface area contributed by atoms with Gasteiger partial charge >= 0.3 is 5.97 Å². The Labute approximate surface area is 145 Å². The third-order valence-electron chi connectivity index (χ3n) is 4.26. The first kappa shape index (κ1) is 16.1. The third-order valence-corrected chi connectivity index (χ3v) is 4.75. The summed E-state index contributed by atoms with van der Waals surface area (Å²) < 4.78 is 5.86. The summed E-state index contributed by atoms with van der Waals surface area (Å²) in [7, 11) is 1.41. The van der Waals surface area contributed by atoms with Crippen molar-refractivity contribution in [3.63, 3.8) is 0 Å². The Morgan fingerprint density at radius 3 is 2.70 bits per heavy atom. The Kier molecular flexibility index (Phi) is 5.01. The summed E-state index contributed by atoms with van der Waals surface area (Å²) in [4.78, 5) is 14.0. The van der Waals surface area contributed by atoms with Crippen LogP contribution < -0.4 is 4.90 Å². The van der Waals surface area contributed by atoms with Gasteiger partial charge in [-0.15, -0.1) is 0 Å². The van der Waals surface area contributed by atoms with Gasteiger partial charge in [-0.25, -0.2) is 4.79 Å². The van der Waals surface area contributed by atoms with Crippen LogP contribution in [0.4, 0.5) is 5.69 Å². The van der Waals surface area contributed by atoms with Crippen LogP contribution in [0.15, 0.2) is 46.9 Å². The van der Waals surface area contributed by atoms with Crippen molar-refractivity contribution in [2.24, 2.45) is 0 Å². The van der Waals surface area contributed by atoms with Crippen LogP contribution in [0.25, 0.3) is 0 Å². The van der Waals surface area contributed by atoms with E-state index in [-0.39, 0.29) is 5.97 Å². The number of nitrogens with zero attached hydrogens (tertiary/aromatic N) is 1. The highest BCUT2D eigenvalue weighted by atomic mass is 79.9. The van der Waals surface area contributed by atoms with E-state index in [1.807, 2.05) is 24.3 Å². The van der Waals surface area contributed by atoms with Crippen LogP contribution in [-0.2, 0) is 17.7 Å². The number of carbonyl (C=O) groups excluding carboxylic acids is 1. The second kappa shape index (κ2) is 7.18. The molecule has 0 saturated heterocycles. The highest BCUT2D eigenvalue weighted by Crippen LogP contribution is 2.30. The molecular weight excluding hydrogens is 354 g/mol. The summed E-state index contributed by atoms with van der Waals surface area (Å²) in [6, 6.07) is 14.2. The minimum absolute atomic E-state index is 0.291. The molecule has 0 aliphatic carbocycles. The van der Waals surface area contributed by atoms with Gasteiger partial charge in [0.05, 0.1) is 12.7 Å². The predicted octanol–water partition coefficient (Wildman–Crippen LogP) is 4.58. The number of fused-ring (bicyclic) bond motifs is 1. The van der Waals surface area contributed by atoms with Crippen LogP contribution in [0.3, 0.4) is 0 Å². The molecule has 4 heteroatoms. The van der Waals surface area contributed by atoms with Crippen LogP contribution in [0.2, 0.25) is 0 Å². The maximum absolute atomic E-state index is 11.5. The largest absolute Gasteiger partial charge is 0.465 e. The highest BCUT2D eigenvalue weighted by Gasteiger charge is 2.16. The summed E-state index contributed by atoms with van der Waals surface area (Å²) in [5.41, 5.74) is 4.52. The predicted molar refractivity (Wildman–Crippen MR) is 95.9 cm³/mol. The monoisotopic (exact) mass is 373 g/mol. The first-order valence-corrected chi connectivity index (χ1v) is 8.67. The van der Waals surface area contributed by atoms with Crippen molar-refractivity contribution in [1.82, 2.24) is 0 Å². The number of benzene rings is 2. The second-order valence-corrected chi connectivity index (χ2v) is 6.76. The first-order chi connectivity index (χ1) is 11.2. The van der Waals surface area contributed by atoms with Gasteiger partial charge < -0.3 is 9.64 Å². The van der Waals surface area contributed by atoms with Crippen molar-refractivity contribution in [3.05, 3.63) is 63.6 Å². The Morgan fingerprint density at radius 2 is 1.96 bits per heavy atom. The van der Waals surface area contributed by atoms with E-state index in [0.717, 1.165) is 24.0 Å². The van der Waals surface area contributed by atoms with Crippen molar-refractivity contribution >= 4 is 27.6 Å². The zero-order chi connectivity index (χ0) is 16.2. The smallest absolute Gasteiger partial charge is 0.337 e. The van der Waals surface area contributed by atoms with Gasteiger partial charge in [0.25, 0.3) is 0 Å². The highest BCUT2D eigenvalue weighted by molar-refractivity contribution is 9.10. The molecule has 2 aromatic carbocycles. The molecule has 2 aromatic rings. The number of rotatable bonds is 3. The van der Waals surface area contributed by atoms with Gasteiger partial charge in [0.1, 0.15) is 0 Å². The minimum atomic E-state index is -0.291. The number of carbonyl (C=O) groups is 1. The summed E-state index contributed by atoms with van der Waals surface area (Å²) in [5.74, 6) is -0.291. The number of halogens is 1. The second-order valence-electron chi connectivity index (χ2n) is 5.84. The molecule has 0 radical (unpaired) electrons. The standard InChI is InChI=1S/C19H20BrNO2/c1-23-19(22)16-7-5-14(6-8-16)13-21-11-3-2-4-15-9-10-17(20)12-18(15)21/h5-10,12H,2-4,11,13H2,1H3. The van der Waals surface area contributed by atoms with E-state index in [1.54, 1.807) is 0 Å². The fraction of sp³-hybridized carbons (Fsp3) is 0.316. The average molecular weight is 374 g/mol. The van der Waals surface area contributed by atoms with E-state index in [4.69, 9.17) is 4.74 Å². The number of methoxy groups -OCH3 is 1. The Bertz CT molecular complexity index is 697. The minimum Gasteiger partial charge on any atom is -0.465 e. The summed E-state index contributed by atoms with van der Waals surface area (Å²) >= 11 is 3.58. The molecule has 1 heterocycles. The molecule has 3 rings (SSSR count). The molecule has 0 aromatic heterocycles. The molecule has 0 atom stereocenters. The molecule has 23 heavy (non-hydrogen) atoms. The quantitative estimate of drug-likeness (QED) is 0.737. The van der Waals surface area contributed by atoms with Gasteiger partial charge in [-0.05, 0) is 54.7 Å². The van der Waals surface area contributed by atoms with E-state index in [0.29, 0.717) is 5.56 Å². The van der Waals surface area contributed by atoms with Crippen LogP contribution in [0.5, 0.6) is 0 Å². The molecule has 0 N–H and O–H groups in total. The molecule has 1 aliphatic heterocycles. The number of anilines is 1. The lowest BCUT2D eigenvalue weighted by molar-refractivity contribution is 0.0600. The van der Waals surface area contributed by atoms with Gasteiger partial charge in [0.15, 0.2) is 0 Å². The van der Waals surface area contributed by atoms with Gasteiger partial charge in [0, 0.05) is 23.2 Å². The van der Waals surface area contributed by atoms with E-state index >= 15 is 0 Å². The van der Waals surface area contributed by atoms with Crippen LogP contribution in [0.1, 0.15) is 34.3 Å². The van der Waals surface area contributed by atoms with Crippen LogP contribution in [0, 0.1) is 0 Å². The van der Waals surface area contributed by atoms with E-state index in [2.05, 4.69) is 39.0 Å². The molecule has 0 amide bonds. The summed E-state index contributed by atoms with van der Waals surface area (Å²) in [5, 5.41) is 0. The topological polar surface area (TPSA) is 29.5 Å². The summed E-state index contributed by atoms with van der Waals surface area (Å²) in [6.07, 6.45) is 3.57. The van der Waals surface area contributed by atoms with Crippen LogP contribution in [-0.4, -0.2) is 19.6 Å². The van der Waals surface area contributed by atoms with Gasteiger partial charge in [-0.2, -0.15) is 0 Å². The maximum atomic E-state index is 11.5. The molecule has 3 nitrogen and oxygen atoms in total. The average Bonchev–Trinajstić information content (AvgIpc) is 2.77. The molecule has 1 aliphatic rings. The Balaban J connectivity index is 1.82. The van der Waals surface area contributed by atoms with Crippen LogP contribution >= 0.6 is 15.9 Å². The number of aryl methyl sites for hydroxylation is 1. The molecular formula is C19H20BrNO2. The molecule has 0 spiro atoms. The van der Waals surface area contributed by atoms with Gasteiger partial charge in [-0.1, -0.05) is 34.1 Å². The van der Waals surface area contributed by atoms with Crippen molar-refractivity contribution in [3.8, 4) is 0 Å². The van der Waals surface area contributed by atoms with E-state index < -0.39 is 0 Å². The SMILES string of the molecule is COC(=O)c1ccc(CN2CCCCc3ccc(Br)cc32)cc1. The van der Waals surface area contributed by atoms with Crippen molar-refractivity contribution in [2.45, 2.75) is 25.8 Å². The first-order valence-electron chi connectivity index (χ1n) is 7.88. The van der Waals surface area contributed by atoms with Gasteiger partial charge in [-0.3, -0.25) is 0 Å². The number of ether oxygens (including phenoxy) is 1. The Morgan fingerprint density at radius 1 is 1.17 bits per heavy atom. The lowest BCUT2D eigenvalue weighted by Gasteiger charge is -2.25. The number of hydrogen-bond acceptors (Lipinski definition) is 3. The lowest BCUT2D eigenvalue weighted by Crippen LogP contribution is -2.23. The van der Waals surface area contributed by atoms with Crippen molar-refractivity contribution in [1.29, 1.82) is 0 Å². The van der Waals surface area contributed by atoms with E-state index in [1.165, 1.54) is 36.8 Å². The zero-order valence-electron chi connectivity index (χ0n) is 13.2. The fourth-order valence-electron chi connectivity index (χ4n) is 3.03. The van der Waals surface area contributed by atoms with Crippen molar-refractivity contribution in [2.75, 3.05) is 18.6 Å². The van der Waals surface area contributed by atoms with E-state index in [9.17, 15) is 4.79 Å². The zero-order valence-corrected chi connectivity index (χ0v) is 14.8. The Hall–Kier alpha value is -1.81. The molecule has 0 saturated carbocycles. The summed E-state index contributed by atoms with van der Waals surface area (Å²) in [6.45, 7) is 1.91. The fourth-order valence-corrected chi connectivity index (χ4v) is 3.38. The molecule has 120 valence electrons. The van der Waals surface area contributed by atoms with Gasteiger partial charge in [0.2, 0.25) is 0 Å². The number of hydrogen-bond donors (Lipinski definition) is 0. The molecule has 0 fully saturated rings. The number of esters is 1. The maximum Gasteiger partial charge on any atom is 0.337 e. The molecule has 0 bridgehead atoms. The molecule has 0 unspecified atom stereocenters. The van der Waals surface area contributed by atoms with Crippen molar-refractivity contribution < 1.29 is 9.53 Å².